The Bertz CT molecular complexity index is 1120. The lowest BCUT2D eigenvalue weighted by atomic mass is 9.48. The van der Waals surface area contributed by atoms with E-state index in [1.165, 1.54) is 42.6 Å². The van der Waals surface area contributed by atoms with Crippen LogP contribution in [0.4, 0.5) is 11.4 Å². The number of rotatable bonds is 3. The minimum absolute atomic E-state index is 0.0514. The first-order chi connectivity index (χ1) is 17.7. The SMILES string of the molecule is CC1=C2N(C)C(=O)CC[C@]2(C)[C@H]2CC[C@]3(C)[C@@H](C(=O)Nc4ccccc4N4CCCCC4)CC[C@H]3[C@@H]2C1. The van der Waals surface area contributed by atoms with Gasteiger partial charge in [0.2, 0.25) is 11.8 Å². The Balaban J connectivity index is 1.24. The summed E-state index contributed by atoms with van der Waals surface area (Å²) in [5.74, 6) is 2.38. The fourth-order valence-electron chi connectivity index (χ4n) is 9.75. The minimum Gasteiger partial charge on any atom is -0.370 e. The summed E-state index contributed by atoms with van der Waals surface area (Å²) in [6.07, 6.45) is 10.9. The first kappa shape index (κ1) is 25.0. The van der Waals surface area contributed by atoms with Gasteiger partial charge in [-0.2, -0.15) is 0 Å². The third-order valence-electron chi connectivity index (χ3n) is 11.5. The van der Waals surface area contributed by atoms with Gasteiger partial charge in [-0.05, 0) is 100 Å². The van der Waals surface area contributed by atoms with Crippen LogP contribution in [0.5, 0.6) is 0 Å². The van der Waals surface area contributed by atoms with Crippen LogP contribution < -0.4 is 10.2 Å². The van der Waals surface area contributed by atoms with Crippen LogP contribution in [0.15, 0.2) is 35.5 Å². The Labute approximate surface area is 223 Å². The van der Waals surface area contributed by atoms with E-state index in [0.29, 0.717) is 24.2 Å². The largest absolute Gasteiger partial charge is 0.370 e. The van der Waals surface area contributed by atoms with Crippen LogP contribution in [0, 0.1) is 34.5 Å². The summed E-state index contributed by atoms with van der Waals surface area (Å²) in [5.41, 5.74) is 5.03. The summed E-state index contributed by atoms with van der Waals surface area (Å²) < 4.78 is 0. The molecule has 37 heavy (non-hydrogen) atoms. The van der Waals surface area contributed by atoms with Crippen LogP contribution >= 0.6 is 0 Å². The molecule has 6 atom stereocenters. The first-order valence-electron chi connectivity index (χ1n) is 14.9. The normalized spacial score (nSPS) is 37.7. The summed E-state index contributed by atoms with van der Waals surface area (Å²) in [4.78, 5) is 30.9. The van der Waals surface area contributed by atoms with E-state index in [-0.39, 0.29) is 28.6 Å². The molecule has 2 aliphatic heterocycles. The molecule has 2 saturated carbocycles. The van der Waals surface area contributed by atoms with E-state index in [0.717, 1.165) is 50.9 Å². The molecular weight excluding hydrogens is 458 g/mol. The zero-order valence-electron chi connectivity index (χ0n) is 23.3. The van der Waals surface area contributed by atoms with Crippen molar-refractivity contribution in [1.82, 2.24) is 4.90 Å². The molecule has 0 aromatic heterocycles. The van der Waals surface area contributed by atoms with Gasteiger partial charge in [0.15, 0.2) is 0 Å². The molecule has 0 spiro atoms. The molecule has 0 bridgehead atoms. The molecule has 3 aliphatic carbocycles. The molecule has 200 valence electrons. The summed E-state index contributed by atoms with van der Waals surface area (Å²) in [7, 11) is 1.99. The second-order valence-corrected chi connectivity index (χ2v) is 13.3. The van der Waals surface area contributed by atoms with Gasteiger partial charge in [0.25, 0.3) is 0 Å². The highest BCUT2D eigenvalue weighted by Gasteiger charge is 2.61. The number of benzene rings is 1. The van der Waals surface area contributed by atoms with Crippen LogP contribution in [0.25, 0.3) is 0 Å². The number of carbonyl (C=O) groups is 2. The van der Waals surface area contributed by atoms with Crippen molar-refractivity contribution in [2.45, 2.75) is 85.0 Å². The molecule has 1 aromatic rings. The highest BCUT2D eigenvalue weighted by atomic mass is 16.2. The Hall–Kier alpha value is -2.30. The van der Waals surface area contributed by atoms with E-state index < -0.39 is 0 Å². The van der Waals surface area contributed by atoms with Crippen molar-refractivity contribution in [1.29, 1.82) is 0 Å². The third kappa shape index (κ3) is 3.86. The number of carbonyl (C=O) groups excluding carboxylic acids is 2. The van der Waals surface area contributed by atoms with E-state index in [1.807, 2.05) is 11.9 Å². The number of anilines is 2. The maximum atomic E-state index is 13.9. The zero-order chi connectivity index (χ0) is 25.9. The highest BCUT2D eigenvalue weighted by Crippen LogP contribution is 2.67. The number of hydrogen-bond acceptors (Lipinski definition) is 3. The maximum Gasteiger partial charge on any atom is 0.228 e. The number of piperidine rings is 2. The summed E-state index contributed by atoms with van der Waals surface area (Å²) in [6, 6.07) is 8.41. The Kier molecular flexibility index (Phi) is 6.19. The second-order valence-electron chi connectivity index (χ2n) is 13.3. The average Bonchev–Trinajstić information content (AvgIpc) is 3.25. The summed E-state index contributed by atoms with van der Waals surface area (Å²) in [5, 5.41) is 3.42. The number of fused-ring (bicyclic) bond motifs is 5. The number of amides is 2. The number of allylic oxidation sites excluding steroid dienone is 2. The van der Waals surface area contributed by atoms with Gasteiger partial charge in [-0.1, -0.05) is 31.6 Å². The van der Waals surface area contributed by atoms with Gasteiger partial charge in [-0.15, -0.1) is 0 Å². The molecule has 2 amide bonds. The van der Waals surface area contributed by atoms with E-state index >= 15 is 0 Å². The van der Waals surface area contributed by atoms with E-state index in [9.17, 15) is 9.59 Å². The van der Waals surface area contributed by atoms with Crippen molar-refractivity contribution in [3.05, 3.63) is 35.5 Å². The molecule has 4 fully saturated rings. The third-order valence-corrected chi connectivity index (χ3v) is 11.5. The van der Waals surface area contributed by atoms with Crippen molar-refractivity contribution >= 4 is 23.2 Å². The van der Waals surface area contributed by atoms with Crippen molar-refractivity contribution in [3.63, 3.8) is 0 Å². The zero-order valence-corrected chi connectivity index (χ0v) is 23.3. The lowest BCUT2D eigenvalue weighted by Gasteiger charge is -2.59. The number of likely N-dealkylation sites (tertiary alicyclic amines) is 1. The topological polar surface area (TPSA) is 52.7 Å². The standard InChI is InChI=1S/C32H45N3O2/c1-21-20-22-23-12-13-25(30(37)33-26-10-6-7-11-27(26)35-18-8-5-9-19-35)31(23,2)16-14-24(22)32(3)17-15-28(36)34(4)29(21)32/h6-7,10-11,22-25H,5,8-9,12-20H2,1-4H3,(H,33,37)/t22-,23-,24-,25+,31-,32+/m0/s1. The van der Waals surface area contributed by atoms with Gasteiger partial charge in [0, 0.05) is 43.6 Å². The van der Waals surface area contributed by atoms with E-state index in [2.05, 4.69) is 55.3 Å². The molecule has 0 unspecified atom stereocenters. The van der Waals surface area contributed by atoms with Crippen molar-refractivity contribution in [3.8, 4) is 0 Å². The molecule has 1 aromatic carbocycles. The van der Waals surface area contributed by atoms with Crippen molar-refractivity contribution in [2.24, 2.45) is 34.5 Å². The second kappa shape index (κ2) is 9.17. The Morgan fingerprint density at radius 1 is 1.00 bits per heavy atom. The predicted octanol–water partition coefficient (Wildman–Crippen LogP) is 6.61. The maximum absolute atomic E-state index is 13.9. The molecule has 2 saturated heterocycles. The van der Waals surface area contributed by atoms with Crippen LogP contribution in [0.3, 0.4) is 0 Å². The van der Waals surface area contributed by atoms with E-state index in [1.54, 1.807) is 0 Å². The number of hydrogen-bond donors (Lipinski definition) is 1. The van der Waals surface area contributed by atoms with Gasteiger partial charge in [0.05, 0.1) is 11.4 Å². The van der Waals surface area contributed by atoms with Gasteiger partial charge in [0.1, 0.15) is 0 Å². The predicted molar refractivity (Wildman–Crippen MR) is 149 cm³/mol. The Morgan fingerprint density at radius 2 is 1.76 bits per heavy atom. The first-order valence-corrected chi connectivity index (χ1v) is 14.9. The number of para-hydroxylation sites is 2. The fourth-order valence-corrected chi connectivity index (χ4v) is 9.75. The van der Waals surface area contributed by atoms with Crippen LogP contribution in [-0.2, 0) is 9.59 Å². The molecule has 5 heteroatoms. The highest BCUT2D eigenvalue weighted by molar-refractivity contribution is 5.96. The molecule has 6 rings (SSSR count). The van der Waals surface area contributed by atoms with Gasteiger partial charge in [-0.3, -0.25) is 9.59 Å². The van der Waals surface area contributed by atoms with Gasteiger partial charge < -0.3 is 15.1 Å². The van der Waals surface area contributed by atoms with Gasteiger partial charge >= 0.3 is 0 Å². The lowest BCUT2D eigenvalue weighted by Crippen LogP contribution is -2.54. The van der Waals surface area contributed by atoms with Crippen LogP contribution in [0.2, 0.25) is 0 Å². The van der Waals surface area contributed by atoms with Crippen LogP contribution in [-0.4, -0.2) is 36.9 Å². The monoisotopic (exact) mass is 503 g/mol. The molecule has 1 N–H and O–H groups in total. The van der Waals surface area contributed by atoms with E-state index in [4.69, 9.17) is 0 Å². The fraction of sp³-hybridized carbons (Fsp3) is 0.688. The summed E-state index contributed by atoms with van der Waals surface area (Å²) >= 11 is 0. The Morgan fingerprint density at radius 3 is 2.54 bits per heavy atom. The molecule has 5 nitrogen and oxygen atoms in total. The quantitative estimate of drug-likeness (QED) is 0.505. The minimum atomic E-state index is 0.0514. The number of nitrogens with one attached hydrogen (secondary N) is 1. The molecule has 2 heterocycles. The summed E-state index contributed by atoms with van der Waals surface area (Å²) in [6.45, 7) is 9.28. The molecule has 5 aliphatic rings. The van der Waals surface area contributed by atoms with Crippen molar-refractivity contribution in [2.75, 3.05) is 30.4 Å². The number of nitrogens with zero attached hydrogens (tertiary/aromatic N) is 2. The van der Waals surface area contributed by atoms with Crippen LogP contribution in [0.1, 0.15) is 85.0 Å². The smallest absolute Gasteiger partial charge is 0.228 e. The lowest BCUT2D eigenvalue weighted by molar-refractivity contribution is -0.137. The molecule has 0 radical (unpaired) electrons. The van der Waals surface area contributed by atoms with Gasteiger partial charge in [-0.25, -0.2) is 0 Å². The molecular formula is C32H45N3O2. The average molecular weight is 504 g/mol. The van der Waals surface area contributed by atoms with Crippen molar-refractivity contribution < 1.29 is 9.59 Å².